The van der Waals surface area contributed by atoms with Crippen LogP contribution in [0.15, 0.2) is 18.2 Å². The Bertz CT molecular complexity index is 476. The molecule has 0 aliphatic heterocycles. The smallest absolute Gasteiger partial charge is 0.148 e. The van der Waals surface area contributed by atoms with E-state index in [0.717, 1.165) is 6.26 Å². The van der Waals surface area contributed by atoms with Crippen LogP contribution in [0.5, 0.6) is 0 Å². The first-order valence-corrected chi connectivity index (χ1v) is 7.09. The summed E-state index contributed by atoms with van der Waals surface area (Å²) in [6.45, 7) is 0. The molecule has 0 fully saturated rings. The highest BCUT2D eigenvalue weighted by atomic mass is 35.5. The molecule has 0 radical (unpaired) electrons. The molecule has 0 bridgehead atoms. The van der Waals surface area contributed by atoms with Crippen LogP contribution in [0, 0.1) is 5.82 Å². The van der Waals surface area contributed by atoms with E-state index >= 15 is 0 Å². The molecule has 6 heteroatoms. The van der Waals surface area contributed by atoms with E-state index in [4.69, 9.17) is 17.3 Å². The third-order valence-corrected chi connectivity index (χ3v) is 3.28. The maximum atomic E-state index is 13.3. The average Bonchev–Trinajstić information content (AvgIpc) is 2.08. The van der Waals surface area contributed by atoms with Crippen molar-refractivity contribution in [1.82, 2.24) is 0 Å². The normalized spacial score (nSPS) is 13.8. The lowest BCUT2D eigenvalue weighted by molar-refractivity contribution is 0.579. The molecule has 1 atom stereocenters. The Balaban J connectivity index is 2.77. The number of rotatable bonds is 4. The lowest BCUT2D eigenvalue weighted by atomic mass is 10.1. The third kappa shape index (κ3) is 4.47. The summed E-state index contributed by atoms with van der Waals surface area (Å²) in [5.41, 5.74) is 5.96. The van der Waals surface area contributed by atoms with Gasteiger partial charge >= 0.3 is 0 Å². The van der Waals surface area contributed by atoms with Crippen molar-refractivity contribution >= 4 is 21.4 Å². The molecule has 2 N–H and O–H groups in total. The van der Waals surface area contributed by atoms with Crippen molar-refractivity contribution in [3.05, 3.63) is 34.6 Å². The highest BCUT2D eigenvalue weighted by Crippen LogP contribution is 2.16. The Morgan fingerprint density at radius 1 is 1.50 bits per heavy atom. The van der Waals surface area contributed by atoms with Gasteiger partial charge in [-0.1, -0.05) is 11.6 Å². The fourth-order valence-electron chi connectivity index (χ4n) is 1.43. The molecule has 1 aromatic rings. The molecule has 1 aromatic carbocycles. The minimum Gasteiger partial charge on any atom is -0.326 e. The van der Waals surface area contributed by atoms with Crippen LogP contribution in [-0.2, 0) is 16.3 Å². The first-order valence-electron chi connectivity index (χ1n) is 4.65. The van der Waals surface area contributed by atoms with Gasteiger partial charge in [0.1, 0.15) is 15.7 Å². The Hall–Kier alpha value is -0.650. The minimum absolute atomic E-state index is 0.152. The molecule has 0 saturated heterocycles. The van der Waals surface area contributed by atoms with Gasteiger partial charge in [-0.05, 0) is 30.2 Å². The summed E-state index contributed by atoms with van der Waals surface area (Å²) >= 11 is 5.71. The summed E-state index contributed by atoms with van der Waals surface area (Å²) in [5.74, 6) is -0.591. The van der Waals surface area contributed by atoms with Crippen LogP contribution in [0.3, 0.4) is 0 Å². The largest absolute Gasteiger partial charge is 0.326 e. The zero-order valence-electron chi connectivity index (χ0n) is 8.78. The Morgan fingerprint density at radius 2 is 2.12 bits per heavy atom. The Morgan fingerprint density at radius 3 is 2.69 bits per heavy atom. The molecular weight excluding hydrogens is 253 g/mol. The molecule has 1 rings (SSSR count). The molecule has 0 heterocycles. The van der Waals surface area contributed by atoms with Gasteiger partial charge in [0.25, 0.3) is 0 Å². The fourth-order valence-corrected chi connectivity index (χ4v) is 2.52. The average molecular weight is 266 g/mol. The summed E-state index contributed by atoms with van der Waals surface area (Å²) in [6.07, 6.45) is 1.25. The van der Waals surface area contributed by atoms with Crippen LogP contribution in [0.2, 0.25) is 5.02 Å². The van der Waals surface area contributed by atoms with E-state index in [9.17, 15) is 12.8 Å². The quantitative estimate of drug-likeness (QED) is 0.895. The monoisotopic (exact) mass is 265 g/mol. The van der Waals surface area contributed by atoms with E-state index in [-0.39, 0.29) is 12.2 Å². The maximum absolute atomic E-state index is 13.3. The molecule has 0 amide bonds. The van der Waals surface area contributed by atoms with Crippen LogP contribution >= 0.6 is 11.6 Å². The molecule has 0 spiro atoms. The molecular formula is C10H13ClFNO2S. The first-order chi connectivity index (χ1) is 7.28. The lowest BCUT2D eigenvalue weighted by Gasteiger charge is -2.11. The lowest BCUT2D eigenvalue weighted by Crippen LogP contribution is -2.31. The van der Waals surface area contributed by atoms with Crippen LogP contribution in [0.1, 0.15) is 5.56 Å². The Kier molecular flexibility index (Phi) is 4.29. The molecule has 90 valence electrons. The Labute approximate surface area is 99.3 Å². The summed E-state index contributed by atoms with van der Waals surface area (Å²) in [4.78, 5) is 0. The van der Waals surface area contributed by atoms with Crippen molar-refractivity contribution in [2.45, 2.75) is 12.5 Å². The minimum atomic E-state index is -3.15. The topological polar surface area (TPSA) is 60.2 Å². The van der Waals surface area contributed by atoms with Gasteiger partial charge in [-0.25, -0.2) is 12.8 Å². The molecule has 1 unspecified atom stereocenters. The van der Waals surface area contributed by atoms with Gasteiger partial charge < -0.3 is 5.73 Å². The van der Waals surface area contributed by atoms with Gasteiger partial charge in [-0.15, -0.1) is 0 Å². The standard InChI is InChI=1S/C10H13ClFNO2S/c1-16(14,15)6-9(13)5-7-4-8(11)2-3-10(7)12/h2-4,9H,5-6,13H2,1H3. The zero-order valence-corrected chi connectivity index (χ0v) is 10.4. The number of sulfone groups is 1. The van der Waals surface area contributed by atoms with Crippen molar-refractivity contribution < 1.29 is 12.8 Å². The van der Waals surface area contributed by atoms with Crippen LogP contribution in [-0.4, -0.2) is 26.5 Å². The number of halogens is 2. The predicted octanol–water partition coefficient (Wildman–Crippen LogP) is 1.39. The summed E-state index contributed by atoms with van der Waals surface area (Å²) in [5, 5.41) is 0.406. The molecule has 16 heavy (non-hydrogen) atoms. The SMILES string of the molecule is CS(=O)(=O)CC(N)Cc1cc(Cl)ccc1F. The van der Waals surface area contributed by atoms with Gasteiger partial charge in [0.05, 0.1) is 5.75 Å². The predicted molar refractivity (Wildman–Crippen MR) is 62.8 cm³/mol. The number of benzene rings is 1. The number of hydrogen-bond donors (Lipinski definition) is 1. The van der Waals surface area contributed by atoms with E-state index in [0.29, 0.717) is 10.6 Å². The van der Waals surface area contributed by atoms with E-state index in [1.165, 1.54) is 18.2 Å². The second-order valence-corrected chi connectivity index (χ2v) is 6.41. The van der Waals surface area contributed by atoms with E-state index < -0.39 is 21.7 Å². The molecule has 0 aliphatic carbocycles. The van der Waals surface area contributed by atoms with E-state index in [1.807, 2.05) is 0 Å². The van der Waals surface area contributed by atoms with E-state index in [2.05, 4.69) is 0 Å². The summed E-state index contributed by atoms with van der Waals surface area (Å²) in [7, 11) is -3.15. The van der Waals surface area contributed by atoms with Crippen molar-refractivity contribution in [2.24, 2.45) is 5.73 Å². The van der Waals surface area contributed by atoms with E-state index in [1.54, 1.807) is 0 Å². The second-order valence-electron chi connectivity index (χ2n) is 3.79. The van der Waals surface area contributed by atoms with Crippen LogP contribution in [0.4, 0.5) is 4.39 Å². The third-order valence-electron chi connectivity index (χ3n) is 2.01. The fraction of sp³-hybridized carbons (Fsp3) is 0.400. The first kappa shape index (κ1) is 13.4. The van der Waals surface area contributed by atoms with Gasteiger partial charge in [0.2, 0.25) is 0 Å². The highest BCUT2D eigenvalue weighted by Gasteiger charge is 2.14. The second kappa shape index (κ2) is 5.12. The highest BCUT2D eigenvalue weighted by molar-refractivity contribution is 7.90. The van der Waals surface area contributed by atoms with Crippen LogP contribution < -0.4 is 5.73 Å². The van der Waals surface area contributed by atoms with Crippen molar-refractivity contribution in [2.75, 3.05) is 12.0 Å². The van der Waals surface area contributed by atoms with Crippen molar-refractivity contribution in [3.8, 4) is 0 Å². The molecule has 0 aliphatic rings. The van der Waals surface area contributed by atoms with Crippen LogP contribution in [0.25, 0.3) is 0 Å². The summed E-state index contributed by atoms with van der Waals surface area (Å²) < 4.78 is 35.3. The zero-order chi connectivity index (χ0) is 12.3. The van der Waals surface area contributed by atoms with Gasteiger partial charge in [-0.3, -0.25) is 0 Å². The number of nitrogens with two attached hydrogens (primary N) is 1. The number of hydrogen-bond acceptors (Lipinski definition) is 3. The summed E-state index contributed by atoms with van der Waals surface area (Å²) in [6, 6.07) is 3.51. The molecule has 3 nitrogen and oxygen atoms in total. The maximum Gasteiger partial charge on any atom is 0.148 e. The van der Waals surface area contributed by atoms with Gasteiger partial charge in [0.15, 0.2) is 0 Å². The molecule has 0 aromatic heterocycles. The van der Waals surface area contributed by atoms with Gasteiger partial charge in [0, 0.05) is 17.3 Å². The van der Waals surface area contributed by atoms with Crippen molar-refractivity contribution in [1.29, 1.82) is 0 Å². The van der Waals surface area contributed by atoms with Gasteiger partial charge in [-0.2, -0.15) is 0 Å². The molecule has 0 saturated carbocycles. The van der Waals surface area contributed by atoms with Crippen molar-refractivity contribution in [3.63, 3.8) is 0 Å².